The average Bonchev–Trinajstić information content (AvgIpc) is 2.99. The fourth-order valence-corrected chi connectivity index (χ4v) is 5.78. The monoisotopic (exact) mass is 581 g/mol. The number of thioether (sulfide) groups is 1. The zero-order valence-corrected chi connectivity index (χ0v) is 23.3. The van der Waals surface area contributed by atoms with E-state index in [2.05, 4.69) is 16.8 Å². The number of hydrogen-bond acceptors (Lipinski definition) is 10. The highest BCUT2D eigenvalue weighted by atomic mass is 32.2. The van der Waals surface area contributed by atoms with Crippen molar-refractivity contribution in [2.24, 2.45) is 0 Å². The predicted molar refractivity (Wildman–Crippen MR) is 153 cm³/mol. The Kier molecular flexibility index (Phi) is 9.29. The van der Waals surface area contributed by atoms with Gasteiger partial charge in [0.2, 0.25) is 0 Å². The molecule has 2 aromatic carbocycles. The van der Waals surface area contributed by atoms with E-state index in [-0.39, 0.29) is 42.9 Å². The normalized spacial score (nSPS) is 15.2. The lowest BCUT2D eigenvalue weighted by molar-refractivity contribution is -0.385. The molecule has 41 heavy (non-hydrogen) atoms. The van der Waals surface area contributed by atoms with Crippen LogP contribution in [-0.2, 0) is 28.4 Å². The molecule has 0 spiro atoms. The summed E-state index contributed by atoms with van der Waals surface area (Å²) in [5.74, 6) is 0.575. The summed E-state index contributed by atoms with van der Waals surface area (Å²) in [6, 6.07) is 7.77. The number of aromatic nitrogens is 2. The van der Waals surface area contributed by atoms with Gasteiger partial charge in [-0.15, -0.1) is 6.58 Å². The number of nitrogens with zero attached hydrogens (tertiary/aromatic N) is 4. The maximum Gasteiger partial charge on any atom is 0.270 e. The molecule has 0 radical (unpaired) electrons. The Morgan fingerprint density at radius 2 is 2.05 bits per heavy atom. The molecule has 1 amide bonds. The summed E-state index contributed by atoms with van der Waals surface area (Å²) in [5, 5.41) is 15.2. The van der Waals surface area contributed by atoms with Crippen LogP contribution in [0.1, 0.15) is 27.9 Å². The third-order valence-electron chi connectivity index (χ3n) is 6.87. The summed E-state index contributed by atoms with van der Waals surface area (Å²) in [6.07, 6.45) is 2.43. The van der Waals surface area contributed by atoms with Crippen LogP contribution in [0, 0.1) is 10.1 Å². The quantitative estimate of drug-likeness (QED) is 0.0898. The summed E-state index contributed by atoms with van der Waals surface area (Å²) >= 11 is 1.25. The van der Waals surface area contributed by atoms with Crippen LogP contribution in [0.2, 0.25) is 0 Å². The smallest absolute Gasteiger partial charge is 0.270 e. The summed E-state index contributed by atoms with van der Waals surface area (Å²) in [6.45, 7) is 8.95. The van der Waals surface area contributed by atoms with Crippen molar-refractivity contribution < 1.29 is 23.9 Å². The van der Waals surface area contributed by atoms with Gasteiger partial charge in [-0.3, -0.25) is 29.2 Å². The third kappa shape index (κ3) is 6.76. The number of non-ortho nitro benzene ring substituents is 1. The second-order valence-electron chi connectivity index (χ2n) is 9.64. The highest BCUT2D eigenvalue weighted by molar-refractivity contribution is 7.98. The molecule has 0 aliphatic carbocycles. The van der Waals surface area contributed by atoms with E-state index in [0.29, 0.717) is 45.0 Å². The minimum atomic E-state index is -0.458. The van der Waals surface area contributed by atoms with E-state index in [4.69, 9.17) is 19.2 Å². The molecule has 3 aromatic rings. The first-order valence-corrected chi connectivity index (χ1v) is 14.3. The van der Waals surface area contributed by atoms with Gasteiger partial charge in [-0.05, 0) is 31.2 Å². The summed E-state index contributed by atoms with van der Waals surface area (Å²) in [4.78, 5) is 44.3. The molecular formula is C28H31N5O7S. The van der Waals surface area contributed by atoms with Crippen molar-refractivity contribution in [2.45, 2.75) is 30.5 Å². The molecule has 2 aliphatic rings. The molecule has 216 valence electrons. The Balaban J connectivity index is 1.35. The Morgan fingerprint density at radius 3 is 2.83 bits per heavy atom. The van der Waals surface area contributed by atoms with Crippen LogP contribution in [0.5, 0.6) is 5.75 Å². The lowest BCUT2D eigenvalue weighted by atomic mass is 10.1. The van der Waals surface area contributed by atoms with Crippen molar-refractivity contribution in [2.75, 3.05) is 46.2 Å². The average molecular weight is 582 g/mol. The van der Waals surface area contributed by atoms with Crippen LogP contribution < -0.4 is 15.6 Å². The fraction of sp³-hybridized carbons (Fsp3) is 0.393. The van der Waals surface area contributed by atoms with Crippen LogP contribution in [0.3, 0.4) is 0 Å². The summed E-state index contributed by atoms with van der Waals surface area (Å²) < 4.78 is 17.8. The number of amides is 1. The molecule has 3 heterocycles. The Hall–Kier alpha value is -3.78. The first-order valence-electron chi connectivity index (χ1n) is 13.3. The number of nitro groups is 1. The lowest BCUT2D eigenvalue weighted by Gasteiger charge is -2.26. The maximum absolute atomic E-state index is 13.4. The van der Waals surface area contributed by atoms with Crippen molar-refractivity contribution >= 4 is 34.3 Å². The molecule has 5 rings (SSSR count). The number of carbonyl (C=O) groups is 1. The highest BCUT2D eigenvalue weighted by Gasteiger charge is 2.22. The number of allylic oxidation sites excluding steroid dienone is 1. The van der Waals surface area contributed by atoms with Gasteiger partial charge in [0.15, 0.2) is 11.9 Å². The lowest BCUT2D eigenvalue weighted by Crippen LogP contribution is -2.38. The number of morpholine rings is 1. The van der Waals surface area contributed by atoms with Crippen molar-refractivity contribution in [1.82, 2.24) is 19.8 Å². The molecule has 1 fully saturated rings. The predicted octanol–water partition coefficient (Wildman–Crippen LogP) is 3.10. The second kappa shape index (κ2) is 13.3. The van der Waals surface area contributed by atoms with Gasteiger partial charge < -0.3 is 19.5 Å². The van der Waals surface area contributed by atoms with Crippen LogP contribution >= 0.6 is 11.8 Å². The highest BCUT2D eigenvalue weighted by Crippen LogP contribution is 2.36. The molecule has 12 nitrogen and oxygen atoms in total. The minimum absolute atomic E-state index is 0.0515. The number of rotatable bonds is 11. The van der Waals surface area contributed by atoms with Crippen molar-refractivity contribution in [3.8, 4) is 5.75 Å². The van der Waals surface area contributed by atoms with Crippen LogP contribution in [0.25, 0.3) is 10.9 Å². The maximum atomic E-state index is 13.4. The summed E-state index contributed by atoms with van der Waals surface area (Å²) in [5.41, 5.74) is 1.67. The SMILES string of the molecule is C=CCn1c(SCc2cc([N+](=O)[O-])cc3c2OCOC3)nc2cc(C(=O)NCCCN3CCOCC3)ccc2c1=O. The van der Waals surface area contributed by atoms with Crippen molar-refractivity contribution in [3.05, 3.63) is 80.1 Å². The summed E-state index contributed by atoms with van der Waals surface area (Å²) in [7, 11) is 0. The number of carbonyl (C=O) groups excluding carboxylic acids is 1. The first-order chi connectivity index (χ1) is 19.9. The number of nitro benzene ring substituents is 1. The van der Waals surface area contributed by atoms with E-state index in [0.717, 1.165) is 39.3 Å². The number of fused-ring (bicyclic) bond motifs is 2. The zero-order valence-electron chi connectivity index (χ0n) is 22.5. The van der Waals surface area contributed by atoms with E-state index in [1.54, 1.807) is 24.3 Å². The zero-order chi connectivity index (χ0) is 28.8. The molecule has 0 unspecified atom stereocenters. The Labute approximate surface area is 240 Å². The molecule has 0 bridgehead atoms. The van der Waals surface area contributed by atoms with E-state index in [1.165, 1.54) is 28.5 Å². The molecule has 1 saturated heterocycles. The second-order valence-corrected chi connectivity index (χ2v) is 10.6. The number of ether oxygens (including phenoxy) is 3. The Morgan fingerprint density at radius 1 is 1.22 bits per heavy atom. The standard InChI is InChI=1S/C28H31N5O7S/c1-2-7-32-27(35)23-5-4-19(26(34)29-6-3-8-31-9-11-38-12-10-31)15-24(23)30-28(32)41-17-21-14-22(33(36)37)13-20-16-39-18-40-25(20)21/h2,4-5,13-15H,1,3,6-12,16-18H2,(H,29,34). The topological polar surface area (TPSA) is 138 Å². The van der Waals surface area contributed by atoms with Crippen LogP contribution in [0.4, 0.5) is 5.69 Å². The first kappa shape index (κ1) is 28.7. The number of nitrogens with one attached hydrogen (secondary N) is 1. The van der Waals surface area contributed by atoms with E-state index in [1.807, 2.05) is 0 Å². The van der Waals surface area contributed by atoms with Gasteiger partial charge in [0.25, 0.3) is 17.2 Å². The fourth-order valence-electron chi connectivity index (χ4n) is 4.81. The molecule has 0 saturated carbocycles. The van der Waals surface area contributed by atoms with Gasteiger partial charge in [0.1, 0.15) is 5.75 Å². The van der Waals surface area contributed by atoms with Crippen molar-refractivity contribution in [3.63, 3.8) is 0 Å². The van der Waals surface area contributed by atoms with Crippen LogP contribution in [-0.4, -0.2) is 71.5 Å². The largest absolute Gasteiger partial charge is 0.467 e. The number of benzene rings is 2. The molecule has 2 aliphatic heterocycles. The number of hydrogen-bond donors (Lipinski definition) is 1. The van der Waals surface area contributed by atoms with Gasteiger partial charge in [-0.2, -0.15) is 0 Å². The van der Waals surface area contributed by atoms with Gasteiger partial charge in [-0.25, -0.2) is 4.98 Å². The Bertz CT molecular complexity index is 1520. The molecule has 1 N–H and O–H groups in total. The molecule has 0 atom stereocenters. The van der Waals surface area contributed by atoms with E-state index in [9.17, 15) is 19.7 Å². The molecule has 13 heteroatoms. The third-order valence-corrected chi connectivity index (χ3v) is 7.90. The van der Waals surface area contributed by atoms with Crippen molar-refractivity contribution in [1.29, 1.82) is 0 Å². The van der Waals surface area contributed by atoms with E-state index >= 15 is 0 Å². The van der Waals surface area contributed by atoms with Gasteiger partial charge in [-0.1, -0.05) is 17.8 Å². The van der Waals surface area contributed by atoms with Gasteiger partial charge >= 0.3 is 0 Å². The minimum Gasteiger partial charge on any atom is -0.467 e. The van der Waals surface area contributed by atoms with E-state index < -0.39 is 4.92 Å². The molecule has 1 aromatic heterocycles. The van der Waals surface area contributed by atoms with Gasteiger partial charge in [0.05, 0.1) is 35.6 Å². The molecular weight excluding hydrogens is 550 g/mol. The van der Waals surface area contributed by atoms with Gasteiger partial charge in [0, 0.05) is 60.8 Å². The van der Waals surface area contributed by atoms with Crippen LogP contribution in [0.15, 0.2) is 52.9 Å².